The number of methoxy groups -OCH3 is 1. The highest BCUT2D eigenvalue weighted by Crippen LogP contribution is 2.37. The highest BCUT2D eigenvalue weighted by Gasteiger charge is 2.30. The third kappa shape index (κ3) is 5.66. The van der Waals surface area contributed by atoms with Crippen molar-refractivity contribution in [3.05, 3.63) is 35.9 Å². The minimum absolute atomic E-state index is 0.0302. The molecule has 4 N–H and O–H groups in total. The number of nitrogens with two attached hydrogens (primary N) is 1. The molecule has 1 aromatic carbocycles. The van der Waals surface area contributed by atoms with Crippen molar-refractivity contribution in [2.45, 2.75) is 26.3 Å². The largest absolute Gasteiger partial charge is 0.494 e. The second-order valence-electron chi connectivity index (χ2n) is 8.02. The topological polar surface area (TPSA) is 178 Å². The molecule has 1 atom stereocenters. The first-order valence-corrected chi connectivity index (χ1v) is 12.7. The summed E-state index contributed by atoms with van der Waals surface area (Å²) in [6.45, 7) is 2.66. The van der Waals surface area contributed by atoms with Gasteiger partial charge in [0.25, 0.3) is 5.91 Å². The Kier molecular flexibility index (Phi) is 7.55. The maximum Gasteiger partial charge on any atom is 0.271 e. The number of primary amides is 1. The molecule has 0 aliphatic heterocycles. The summed E-state index contributed by atoms with van der Waals surface area (Å²) in [6.07, 6.45) is 3.24. The molecule has 190 valence electrons. The number of benzene rings is 1. The van der Waals surface area contributed by atoms with Crippen molar-refractivity contribution in [2.24, 2.45) is 11.7 Å². The zero-order valence-electron chi connectivity index (χ0n) is 20.0. The first-order valence-electron chi connectivity index (χ1n) is 11.1. The Morgan fingerprint density at radius 2 is 2.06 bits per heavy atom. The Morgan fingerprint density at radius 1 is 1.28 bits per heavy atom. The van der Waals surface area contributed by atoms with E-state index in [0.717, 1.165) is 12.8 Å². The lowest BCUT2D eigenvalue weighted by Crippen LogP contribution is -2.24. The molecule has 2 aromatic heterocycles. The van der Waals surface area contributed by atoms with Gasteiger partial charge in [0.1, 0.15) is 0 Å². The molecule has 36 heavy (non-hydrogen) atoms. The first-order chi connectivity index (χ1) is 17.3. The van der Waals surface area contributed by atoms with Crippen molar-refractivity contribution in [2.75, 3.05) is 30.5 Å². The van der Waals surface area contributed by atoms with E-state index < -0.39 is 16.9 Å². The normalized spacial score (nSPS) is 13.9. The summed E-state index contributed by atoms with van der Waals surface area (Å²) in [5.41, 5.74) is 6.59. The third-order valence-electron chi connectivity index (χ3n) is 5.45. The minimum Gasteiger partial charge on any atom is -0.494 e. The van der Waals surface area contributed by atoms with E-state index in [1.54, 1.807) is 28.8 Å². The molecule has 1 aliphatic rings. The van der Waals surface area contributed by atoms with Gasteiger partial charge in [-0.25, -0.2) is 8.51 Å². The number of nitrogens with zero attached hydrogens (tertiary/aromatic N) is 5. The highest BCUT2D eigenvalue weighted by molar-refractivity contribution is 7.81. The molecule has 1 unspecified atom stereocenters. The van der Waals surface area contributed by atoms with Crippen LogP contribution >= 0.6 is 0 Å². The zero-order chi connectivity index (χ0) is 25.8. The quantitative estimate of drug-likeness (QED) is 0.342. The van der Waals surface area contributed by atoms with Crippen molar-refractivity contribution in [1.82, 2.24) is 24.6 Å². The monoisotopic (exact) mass is 514 g/mol. The number of anilines is 3. The Bertz CT molecular complexity index is 1310. The zero-order valence-corrected chi connectivity index (χ0v) is 20.8. The van der Waals surface area contributed by atoms with Crippen molar-refractivity contribution >= 4 is 40.0 Å². The molecule has 4 rings (SSSR count). The molecule has 1 aliphatic carbocycles. The van der Waals surface area contributed by atoms with Gasteiger partial charge in [-0.05, 0) is 25.0 Å². The highest BCUT2D eigenvalue weighted by atomic mass is 32.2. The van der Waals surface area contributed by atoms with Gasteiger partial charge in [-0.15, -0.1) is 10.2 Å². The first kappa shape index (κ1) is 25.2. The minimum atomic E-state index is -1.19. The van der Waals surface area contributed by atoms with Crippen LogP contribution in [0.1, 0.15) is 36.1 Å². The van der Waals surface area contributed by atoms with Gasteiger partial charge in [0, 0.05) is 24.8 Å². The lowest BCUT2D eigenvalue weighted by atomic mass is 10.1. The number of hydrogen-bond acceptors (Lipinski definition) is 10. The van der Waals surface area contributed by atoms with Crippen LogP contribution in [0.25, 0.3) is 11.4 Å². The molecular formula is C22H26N8O5S. The number of carbonyl (C=O) groups excluding carboxylic acids is 2. The molecule has 0 radical (unpaired) electrons. The van der Waals surface area contributed by atoms with Crippen LogP contribution in [-0.2, 0) is 22.3 Å². The molecule has 3 aromatic rings. The summed E-state index contributed by atoms with van der Waals surface area (Å²) in [6, 6.07) is 6.69. The number of carbonyl (C=O) groups is 2. The number of nitrogens with one attached hydrogen (secondary N) is 2. The number of aromatic nitrogens is 4. The van der Waals surface area contributed by atoms with E-state index >= 15 is 0 Å². The summed E-state index contributed by atoms with van der Waals surface area (Å²) in [5, 5.41) is 17.6. The van der Waals surface area contributed by atoms with Gasteiger partial charge >= 0.3 is 0 Å². The average molecular weight is 515 g/mol. The fourth-order valence-electron chi connectivity index (χ4n) is 3.44. The van der Waals surface area contributed by atoms with Crippen LogP contribution in [0.5, 0.6) is 5.75 Å². The third-order valence-corrected chi connectivity index (χ3v) is 6.57. The molecule has 2 amide bonds. The molecule has 0 bridgehead atoms. The van der Waals surface area contributed by atoms with Crippen LogP contribution in [-0.4, -0.2) is 60.6 Å². The lowest BCUT2D eigenvalue weighted by Gasteiger charge is -2.15. The van der Waals surface area contributed by atoms with Crippen molar-refractivity contribution < 1.29 is 23.1 Å². The summed E-state index contributed by atoms with van der Waals surface area (Å²) < 4.78 is 24.5. The summed E-state index contributed by atoms with van der Waals surface area (Å²) in [7, 11) is 0.290. The molecule has 2 heterocycles. The van der Waals surface area contributed by atoms with Gasteiger partial charge in [-0.1, -0.05) is 18.1 Å². The fraction of sp³-hybridized carbons (Fsp3) is 0.364. The Morgan fingerprint density at radius 3 is 2.69 bits per heavy atom. The van der Waals surface area contributed by atoms with Crippen LogP contribution in [0.15, 0.2) is 28.8 Å². The van der Waals surface area contributed by atoms with Crippen LogP contribution in [0, 0.1) is 5.92 Å². The fourth-order valence-corrected chi connectivity index (χ4v) is 4.10. The maximum absolute atomic E-state index is 12.1. The molecule has 13 nitrogen and oxygen atoms in total. The van der Waals surface area contributed by atoms with Crippen molar-refractivity contribution in [1.29, 1.82) is 0 Å². The standard InChI is InChI=1S/C22H26N8O5S/c1-4-30(36(3)33)11-17-26-21(29-35-17)13-6-5-7-14(19(13)34-2)24-15-10-16(25-22(32)12-8-9-12)27-28-18(15)20(23)31/h5-7,10,12H,4,8-9,11H2,1-3H3,(H2,23,31)(H2,24,25,27,32). The molecule has 14 heteroatoms. The smallest absolute Gasteiger partial charge is 0.271 e. The van der Waals surface area contributed by atoms with E-state index in [2.05, 4.69) is 31.0 Å². The van der Waals surface area contributed by atoms with E-state index in [1.807, 2.05) is 6.92 Å². The van der Waals surface area contributed by atoms with E-state index in [-0.39, 0.29) is 41.4 Å². The number of amides is 2. The van der Waals surface area contributed by atoms with E-state index in [4.69, 9.17) is 15.0 Å². The Labute approximate surface area is 209 Å². The average Bonchev–Trinajstić information content (AvgIpc) is 3.60. The van der Waals surface area contributed by atoms with Gasteiger partial charge in [0.2, 0.25) is 17.6 Å². The maximum atomic E-state index is 12.1. The Hall–Kier alpha value is -3.91. The van der Waals surface area contributed by atoms with Gasteiger partial charge in [-0.2, -0.15) is 4.98 Å². The predicted octanol–water partition coefficient (Wildman–Crippen LogP) is 1.84. The summed E-state index contributed by atoms with van der Waals surface area (Å²) in [4.78, 5) is 28.5. The lowest BCUT2D eigenvalue weighted by molar-refractivity contribution is -0.117. The van der Waals surface area contributed by atoms with Crippen molar-refractivity contribution in [3.63, 3.8) is 0 Å². The number of para-hydroxylation sites is 1. The summed E-state index contributed by atoms with van der Waals surface area (Å²) in [5.74, 6) is 0.145. The molecule has 1 saturated carbocycles. The molecular weight excluding hydrogens is 488 g/mol. The van der Waals surface area contributed by atoms with E-state index in [0.29, 0.717) is 29.4 Å². The second kappa shape index (κ2) is 10.8. The van der Waals surface area contributed by atoms with Gasteiger partial charge in [-0.3, -0.25) is 9.59 Å². The van der Waals surface area contributed by atoms with Gasteiger partial charge in [0.05, 0.1) is 41.6 Å². The molecule has 0 spiro atoms. The number of ether oxygens (including phenoxy) is 1. The van der Waals surface area contributed by atoms with Crippen LogP contribution < -0.4 is 21.1 Å². The molecule has 0 saturated heterocycles. The Balaban J connectivity index is 1.64. The van der Waals surface area contributed by atoms with E-state index in [1.165, 1.54) is 13.2 Å². The molecule has 1 fully saturated rings. The number of hydrogen-bond donors (Lipinski definition) is 3. The van der Waals surface area contributed by atoms with Crippen LogP contribution in [0.2, 0.25) is 0 Å². The SMILES string of the molecule is CCN(Cc1nc(-c2cccc(Nc3cc(NC(=O)C4CC4)nnc3C(N)=O)c2OC)no1)S(C)=O. The summed E-state index contributed by atoms with van der Waals surface area (Å²) >= 11 is 0. The second-order valence-corrected chi connectivity index (χ2v) is 9.39. The number of rotatable bonds is 11. The van der Waals surface area contributed by atoms with Gasteiger partial charge in [0.15, 0.2) is 17.3 Å². The van der Waals surface area contributed by atoms with E-state index in [9.17, 15) is 13.8 Å². The predicted molar refractivity (Wildman–Crippen MR) is 132 cm³/mol. The van der Waals surface area contributed by atoms with Crippen LogP contribution in [0.3, 0.4) is 0 Å². The van der Waals surface area contributed by atoms with Gasteiger partial charge < -0.3 is 25.6 Å². The van der Waals surface area contributed by atoms with Crippen molar-refractivity contribution in [3.8, 4) is 17.1 Å². The van der Waals surface area contributed by atoms with Crippen LogP contribution in [0.4, 0.5) is 17.2 Å².